The van der Waals surface area contributed by atoms with Crippen molar-refractivity contribution in [2.45, 2.75) is 6.92 Å². The lowest BCUT2D eigenvalue weighted by atomic mass is 10.1. The van der Waals surface area contributed by atoms with Crippen LogP contribution in [-0.4, -0.2) is 5.78 Å². The summed E-state index contributed by atoms with van der Waals surface area (Å²) in [6.45, 7) is 1.79. The molecule has 1 aromatic heterocycles. The minimum Gasteiger partial charge on any atom is -0.458 e. The third kappa shape index (κ3) is 2.20. The van der Waals surface area contributed by atoms with E-state index in [2.05, 4.69) is 15.9 Å². The molecule has 4 heteroatoms. The van der Waals surface area contributed by atoms with Gasteiger partial charge < -0.3 is 4.42 Å². The molecule has 0 amide bonds. The molecule has 2 nitrogen and oxygen atoms in total. The lowest BCUT2D eigenvalue weighted by Gasteiger charge is -2.01. The van der Waals surface area contributed by atoms with Crippen molar-refractivity contribution < 1.29 is 9.21 Å². The average molecular weight is 300 g/mol. The molecular weight excluding hydrogens is 291 g/mol. The molecule has 0 aliphatic heterocycles. The number of carbonyl (C=O) groups excluding carboxylic acids is 1. The van der Waals surface area contributed by atoms with E-state index in [0.717, 1.165) is 4.47 Å². The molecular formula is C12H8BrClO2. The molecule has 1 aromatic carbocycles. The van der Waals surface area contributed by atoms with Gasteiger partial charge in [0.25, 0.3) is 0 Å². The van der Waals surface area contributed by atoms with E-state index in [9.17, 15) is 4.79 Å². The molecule has 0 atom stereocenters. The largest absolute Gasteiger partial charge is 0.458 e. The van der Waals surface area contributed by atoms with Gasteiger partial charge in [0.2, 0.25) is 5.78 Å². The molecule has 0 N–H and O–H groups in total. The standard InChI is InChI=1S/C12H8BrClO2/c1-7-2-5-11(16-7)12(15)9-4-3-8(13)6-10(9)14/h2-6H,1H3. The molecule has 0 fully saturated rings. The van der Waals surface area contributed by atoms with Gasteiger partial charge in [-0.25, -0.2) is 0 Å². The van der Waals surface area contributed by atoms with E-state index in [4.69, 9.17) is 16.0 Å². The number of halogens is 2. The van der Waals surface area contributed by atoms with Gasteiger partial charge in [-0.2, -0.15) is 0 Å². The monoisotopic (exact) mass is 298 g/mol. The quantitative estimate of drug-likeness (QED) is 0.777. The predicted molar refractivity (Wildman–Crippen MR) is 66.0 cm³/mol. The first-order valence-corrected chi connectivity index (χ1v) is 5.81. The number of ketones is 1. The minimum absolute atomic E-state index is 0.203. The Kier molecular flexibility index (Phi) is 3.17. The maximum absolute atomic E-state index is 12.0. The van der Waals surface area contributed by atoms with Crippen LogP contribution in [0.2, 0.25) is 5.02 Å². The Morgan fingerprint density at radius 2 is 2.06 bits per heavy atom. The van der Waals surface area contributed by atoms with Crippen LogP contribution in [0.25, 0.3) is 0 Å². The van der Waals surface area contributed by atoms with Crippen LogP contribution in [0.15, 0.2) is 39.2 Å². The Morgan fingerprint density at radius 1 is 1.31 bits per heavy atom. The van der Waals surface area contributed by atoms with E-state index in [1.165, 1.54) is 0 Å². The number of hydrogen-bond acceptors (Lipinski definition) is 2. The SMILES string of the molecule is Cc1ccc(C(=O)c2ccc(Br)cc2Cl)o1. The van der Waals surface area contributed by atoms with Gasteiger partial charge in [0.05, 0.1) is 5.02 Å². The van der Waals surface area contributed by atoms with E-state index in [1.54, 1.807) is 37.3 Å². The topological polar surface area (TPSA) is 30.2 Å². The molecule has 0 aliphatic carbocycles. The van der Waals surface area contributed by atoms with Crippen molar-refractivity contribution in [2.24, 2.45) is 0 Å². The fourth-order valence-corrected chi connectivity index (χ4v) is 2.12. The van der Waals surface area contributed by atoms with Gasteiger partial charge in [-0.15, -0.1) is 0 Å². The van der Waals surface area contributed by atoms with Crippen LogP contribution >= 0.6 is 27.5 Å². The molecule has 2 aromatic rings. The number of hydrogen-bond donors (Lipinski definition) is 0. The third-order valence-corrected chi connectivity index (χ3v) is 2.95. The molecule has 0 spiro atoms. The summed E-state index contributed by atoms with van der Waals surface area (Å²) in [5, 5.41) is 0.411. The summed E-state index contributed by atoms with van der Waals surface area (Å²) < 4.78 is 6.10. The fraction of sp³-hybridized carbons (Fsp3) is 0.0833. The van der Waals surface area contributed by atoms with Gasteiger partial charge in [-0.1, -0.05) is 27.5 Å². The van der Waals surface area contributed by atoms with Crippen LogP contribution in [0.5, 0.6) is 0 Å². The van der Waals surface area contributed by atoms with Gasteiger partial charge in [-0.05, 0) is 37.3 Å². The number of benzene rings is 1. The van der Waals surface area contributed by atoms with Gasteiger partial charge in [-0.3, -0.25) is 4.79 Å². The first kappa shape index (κ1) is 11.4. The lowest BCUT2D eigenvalue weighted by molar-refractivity contribution is 0.101. The molecule has 0 aliphatic rings. The zero-order chi connectivity index (χ0) is 11.7. The number of aryl methyl sites for hydroxylation is 1. The highest BCUT2D eigenvalue weighted by Gasteiger charge is 2.15. The van der Waals surface area contributed by atoms with E-state index < -0.39 is 0 Å². The molecule has 16 heavy (non-hydrogen) atoms. The molecule has 0 bridgehead atoms. The third-order valence-electron chi connectivity index (χ3n) is 2.14. The van der Waals surface area contributed by atoms with Crippen LogP contribution in [0, 0.1) is 6.92 Å². The Labute approximate surface area is 106 Å². The Balaban J connectivity index is 2.41. The predicted octanol–water partition coefficient (Wildman–Crippen LogP) is 4.23. The van der Waals surface area contributed by atoms with Crippen LogP contribution in [0.1, 0.15) is 21.9 Å². The van der Waals surface area contributed by atoms with Gasteiger partial charge >= 0.3 is 0 Å². The van der Waals surface area contributed by atoms with E-state index in [-0.39, 0.29) is 5.78 Å². The van der Waals surface area contributed by atoms with E-state index in [0.29, 0.717) is 22.1 Å². The van der Waals surface area contributed by atoms with Crippen molar-refractivity contribution in [3.8, 4) is 0 Å². The highest BCUT2D eigenvalue weighted by Crippen LogP contribution is 2.24. The van der Waals surface area contributed by atoms with Gasteiger partial charge in [0.1, 0.15) is 5.76 Å². The maximum Gasteiger partial charge on any atom is 0.229 e. The second-order valence-electron chi connectivity index (χ2n) is 3.36. The normalized spacial score (nSPS) is 10.4. The van der Waals surface area contributed by atoms with Crippen molar-refractivity contribution in [1.29, 1.82) is 0 Å². The summed E-state index contributed by atoms with van der Waals surface area (Å²) in [4.78, 5) is 12.0. The molecule has 0 radical (unpaired) electrons. The molecule has 0 saturated heterocycles. The number of carbonyl (C=O) groups is 1. The van der Waals surface area contributed by atoms with Crippen molar-refractivity contribution in [3.05, 3.63) is 56.9 Å². The Morgan fingerprint density at radius 3 is 2.62 bits per heavy atom. The lowest BCUT2D eigenvalue weighted by Crippen LogP contribution is -2.00. The number of furan rings is 1. The van der Waals surface area contributed by atoms with Crippen molar-refractivity contribution in [1.82, 2.24) is 0 Å². The molecule has 0 unspecified atom stereocenters. The van der Waals surface area contributed by atoms with Gasteiger partial charge in [0.15, 0.2) is 5.76 Å². The fourth-order valence-electron chi connectivity index (χ4n) is 1.36. The van der Waals surface area contributed by atoms with Crippen LogP contribution < -0.4 is 0 Å². The zero-order valence-electron chi connectivity index (χ0n) is 8.46. The van der Waals surface area contributed by atoms with Crippen LogP contribution in [0.4, 0.5) is 0 Å². The summed E-state index contributed by atoms with van der Waals surface area (Å²) in [6, 6.07) is 8.53. The Hall–Kier alpha value is -1.06. The van der Waals surface area contributed by atoms with E-state index in [1.807, 2.05) is 0 Å². The van der Waals surface area contributed by atoms with Crippen molar-refractivity contribution in [2.75, 3.05) is 0 Å². The summed E-state index contributed by atoms with van der Waals surface area (Å²) in [6.07, 6.45) is 0. The second-order valence-corrected chi connectivity index (χ2v) is 4.69. The molecule has 82 valence electrons. The number of rotatable bonds is 2. The molecule has 1 heterocycles. The first-order valence-electron chi connectivity index (χ1n) is 4.64. The van der Waals surface area contributed by atoms with E-state index >= 15 is 0 Å². The summed E-state index contributed by atoms with van der Waals surface area (Å²) in [7, 11) is 0. The molecule has 2 rings (SSSR count). The average Bonchev–Trinajstić information content (AvgIpc) is 2.64. The van der Waals surface area contributed by atoms with Crippen LogP contribution in [0.3, 0.4) is 0 Å². The highest BCUT2D eigenvalue weighted by atomic mass is 79.9. The molecule has 0 saturated carbocycles. The van der Waals surface area contributed by atoms with Crippen molar-refractivity contribution >= 4 is 33.3 Å². The minimum atomic E-state index is -0.203. The smallest absolute Gasteiger partial charge is 0.229 e. The first-order chi connectivity index (χ1) is 7.58. The summed E-state index contributed by atoms with van der Waals surface area (Å²) in [5.41, 5.74) is 0.444. The zero-order valence-corrected chi connectivity index (χ0v) is 10.8. The summed E-state index contributed by atoms with van der Waals surface area (Å²) >= 11 is 9.28. The van der Waals surface area contributed by atoms with Crippen molar-refractivity contribution in [3.63, 3.8) is 0 Å². The Bertz CT molecular complexity index is 546. The summed E-state index contributed by atoms with van der Waals surface area (Å²) in [5.74, 6) is 0.809. The second kappa shape index (κ2) is 4.44. The van der Waals surface area contributed by atoms with Crippen LogP contribution in [-0.2, 0) is 0 Å². The van der Waals surface area contributed by atoms with Gasteiger partial charge in [0, 0.05) is 10.0 Å². The maximum atomic E-state index is 12.0. The highest BCUT2D eigenvalue weighted by molar-refractivity contribution is 9.10.